The molecule has 3 rings (SSSR count). The van der Waals surface area contributed by atoms with Crippen molar-refractivity contribution in [2.75, 3.05) is 12.4 Å². The standard InChI is InChI=1S/C16H15FN4/c1-10(18-2)21-16-6-3-11(8-20-16)14-9-19-15-7-12(17)4-5-13(14)15/h3-9,18-19H,1H2,2H3,(H,20,21). The normalized spacial score (nSPS) is 10.6. The van der Waals surface area contributed by atoms with Crippen molar-refractivity contribution in [3.05, 3.63) is 60.9 Å². The molecule has 0 unspecified atom stereocenters. The fraction of sp³-hybridized carbons (Fsp3) is 0.0625. The monoisotopic (exact) mass is 282 g/mol. The van der Waals surface area contributed by atoms with E-state index in [9.17, 15) is 4.39 Å². The van der Waals surface area contributed by atoms with Gasteiger partial charge in [-0.2, -0.15) is 0 Å². The third-order valence-corrected chi connectivity index (χ3v) is 3.30. The number of H-pyrrole nitrogens is 1. The second-order valence-corrected chi connectivity index (χ2v) is 4.68. The predicted octanol–water partition coefficient (Wildman–Crippen LogP) is 3.47. The lowest BCUT2D eigenvalue weighted by molar-refractivity contribution is 0.629. The Labute approximate surface area is 121 Å². The molecule has 0 aliphatic heterocycles. The van der Waals surface area contributed by atoms with Crippen molar-refractivity contribution in [1.29, 1.82) is 0 Å². The summed E-state index contributed by atoms with van der Waals surface area (Å²) in [6, 6.07) is 8.55. The highest BCUT2D eigenvalue weighted by Crippen LogP contribution is 2.29. The molecule has 2 aromatic heterocycles. The van der Waals surface area contributed by atoms with E-state index in [1.807, 2.05) is 18.3 Å². The Morgan fingerprint density at radius 1 is 1.29 bits per heavy atom. The minimum atomic E-state index is -0.251. The molecule has 0 radical (unpaired) electrons. The van der Waals surface area contributed by atoms with Gasteiger partial charge in [-0.3, -0.25) is 0 Å². The number of pyridine rings is 1. The van der Waals surface area contributed by atoms with Crippen LogP contribution in [0.15, 0.2) is 55.1 Å². The van der Waals surface area contributed by atoms with Gasteiger partial charge in [0.1, 0.15) is 11.6 Å². The van der Waals surface area contributed by atoms with Crippen molar-refractivity contribution in [1.82, 2.24) is 15.3 Å². The number of hydrogen-bond donors (Lipinski definition) is 3. The summed E-state index contributed by atoms with van der Waals surface area (Å²) in [7, 11) is 1.79. The van der Waals surface area contributed by atoms with E-state index in [4.69, 9.17) is 0 Å². The summed E-state index contributed by atoms with van der Waals surface area (Å²) < 4.78 is 13.2. The number of benzene rings is 1. The van der Waals surface area contributed by atoms with E-state index in [0.717, 1.165) is 22.0 Å². The molecule has 4 nitrogen and oxygen atoms in total. The Kier molecular flexibility index (Phi) is 3.31. The fourth-order valence-corrected chi connectivity index (χ4v) is 2.18. The van der Waals surface area contributed by atoms with E-state index < -0.39 is 0 Å². The zero-order chi connectivity index (χ0) is 14.8. The molecule has 21 heavy (non-hydrogen) atoms. The second-order valence-electron chi connectivity index (χ2n) is 4.68. The lowest BCUT2D eigenvalue weighted by Gasteiger charge is -2.08. The SMILES string of the molecule is C=C(NC)Nc1ccc(-c2c[nH]c3cc(F)ccc23)cn1. The first kappa shape index (κ1) is 13.2. The van der Waals surface area contributed by atoms with Gasteiger partial charge in [0.05, 0.1) is 5.82 Å². The Hall–Kier alpha value is -2.82. The minimum Gasteiger partial charge on any atom is -0.375 e. The molecule has 0 amide bonds. The van der Waals surface area contributed by atoms with Crippen LogP contribution in [-0.2, 0) is 0 Å². The number of anilines is 1. The highest BCUT2D eigenvalue weighted by Gasteiger charge is 2.07. The highest BCUT2D eigenvalue weighted by molar-refractivity contribution is 5.95. The molecule has 5 heteroatoms. The third kappa shape index (κ3) is 2.58. The van der Waals surface area contributed by atoms with Crippen molar-refractivity contribution in [3.8, 4) is 11.1 Å². The van der Waals surface area contributed by atoms with Crippen LogP contribution in [0.5, 0.6) is 0 Å². The van der Waals surface area contributed by atoms with Crippen molar-refractivity contribution in [2.24, 2.45) is 0 Å². The lowest BCUT2D eigenvalue weighted by Crippen LogP contribution is -2.13. The average molecular weight is 282 g/mol. The number of nitrogens with one attached hydrogen (secondary N) is 3. The molecule has 0 saturated heterocycles. The number of rotatable bonds is 4. The Balaban J connectivity index is 1.94. The maximum Gasteiger partial charge on any atom is 0.131 e. The molecular formula is C16H15FN4. The van der Waals surface area contributed by atoms with Crippen LogP contribution in [0.3, 0.4) is 0 Å². The molecule has 106 valence electrons. The van der Waals surface area contributed by atoms with Crippen molar-refractivity contribution in [2.45, 2.75) is 0 Å². The Morgan fingerprint density at radius 3 is 2.86 bits per heavy atom. The zero-order valence-corrected chi connectivity index (χ0v) is 11.6. The first-order chi connectivity index (χ1) is 10.2. The molecule has 0 aliphatic carbocycles. The van der Waals surface area contributed by atoms with E-state index in [1.165, 1.54) is 12.1 Å². The molecule has 0 spiro atoms. The van der Waals surface area contributed by atoms with Crippen LogP contribution in [0.1, 0.15) is 0 Å². The molecule has 2 heterocycles. The minimum absolute atomic E-state index is 0.251. The summed E-state index contributed by atoms with van der Waals surface area (Å²) in [5, 5.41) is 6.90. The zero-order valence-electron chi connectivity index (χ0n) is 11.6. The maximum absolute atomic E-state index is 13.2. The first-order valence-corrected chi connectivity index (χ1v) is 6.54. The molecular weight excluding hydrogens is 267 g/mol. The molecule has 0 atom stereocenters. The molecule has 0 fully saturated rings. The molecule has 0 aliphatic rings. The summed E-state index contributed by atoms with van der Waals surface area (Å²) in [6.45, 7) is 3.79. The van der Waals surface area contributed by atoms with E-state index in [2.05, 4.69) is 27.2 Å². The van der Waals surface area contributed by atoms with Gasteiger partial charge in [-0.25, -0.2) is 9.37 Å². The van der Waals surface area contributed by atoms with Gasteiger partial charge in [0.15, 0.2) is 0 Å². The van der Waals surface area contributed by atoms with Gasteiger partial charge in [-0.15, -0.1) is 0 Å². The number of hydrogen-bond acceptors (Lipinski definition) is 3. The van der Waals surface area contributed by atoms with Crippen LogP contribution < -0.4 is 10.6 Å². The lowest BCUT2D eigenvalue weighted by atomic mass is 10.1. The van der Waals surface area contributed by atoms with E-state index >= 15 is 0 Å². The maximum atomic E-state index is 13.2. The van der Waals surface area contributed by atoms with Crippen LogP contribution >= 0.6 is 0 Å². The van der Waals surface area contributed by atoms with Gasteiger partial charge >= 0.3 is 0 Å². The largest absolute Gasteiger partial charge is 0.375 e. The number of fused-ring (bicyclic) bond motifs is 1. The van der Waals surface area contributed by atoms with Gasteiger partial charge in [-0.05, 0) is 30.3 Å². The average Bonchev–Trinajstić information content (AvgIpc) is 2.90. The highest BCUT2D eigenvalue weighted by atomic mass is 19.1. The number of nitrogens with zero attached hydrogens (tertiary/aromatic N) is 1. The Morgan fingerprint density at radius 2 is 2.14 bits per heavy atom. The van der Waals surface area contributed by atoms with Crippen LogP contribution in [0.2, 0.25) is 0 Å². The van der Waals surface area contributed by atoms with Crippen molar-refractivity contribution < 1.29 is 4.39 Å². The van der Waals surface area contributed by atoms with E-state index in [0.29, 0.717) is 11.6 Å². The second kappa shape index (κ2) is 5.28. The first-order valence-electron chi connectivity index (χ1n) is 6.54. The quantitative estimate of drug-likeness (QED) is 0.686. The Bertz CT molecular complexity index is 790. The molecule has 0 bridgehead atoms. The molecule has 3 aromatic rings. The van der Waals surface area contributed by atoms with Crippen LogP contribution in [-0.4, -0.2) is 17.0 Å². The summed E-state index contributed by atoms with van der Waals surface area (Å²) in [4.78, 5) is 7.42. The van der Waals surface area contributed by atoms with Gasteiger partial charge in [0, 0.05) is 41.5 Å². The smallest absolute Gasteiger partial charge is 0.131 e. The summed E-state index contributed by atoms with van der Waals surface area (Å²) >= 11 is 0. The van der Waals surface area contributed by atoms with Gasteiger partial charge in [0.25, 0.3) is 0 Å². The topological polar surface area (TPSA) is 52.7 Å². The van der Waals surface area contributed by atoms with Crippen LogP contribution in [0.25, 0.3) is 22.0 Å². The van der Waals surface area contributed by atoms with Gasteiger partial charge in [0.2, 0.25) is 0 Å². The van der Waals surface area contributed by atoms with Crippen molar-refractivity contribution >= 4 is 16.7 Å². The van der Waals surface area contributed by atoms with Crippen LogP contribution in [0, 0.1) is 5.82 Å². The number of aromatic nitrogens is 2. The predicted molar refractivity (Wildman–Crippen MR) is 83.3 cm³/mol. The molecule has 0 saturated carbocycles. The van der Waals surface area contributed by atoms with Crippen LogP contribution in [0.4, 0.5) is 10.2 Å². The number of halogens is 1. The third-order valence-electron chi connectivity index (χ3n) is 3.30. The van der Waals surface area contributed by atoms with E-state index in [-0.39, 0.29) is 5.82 Å². The number of aromatic amines is 1. The van der Waals surface area contributed by atoms with Crippen molar-refractivity contribution in [3.63, 3.8) is 0 Å². The summed E-state index contributed by atoms with van der Waals surface area (Å²) in [5.41, 5.74) is 2.74. The molecule has 3 N–H and O–H groups in total. The van der Waals surface area contributed by atoms with E-state index in [1.54, 1.807) is 19.3 Å². The van der Waals surface area contributed by atoms with Gasteiger partial charge in [-0.1, -0.05) is 6.58 Å². The summed E-state index contributed by atoms with van der Waals surface area (Å²) in [6.07, 6.45) is 3.64. The molecule has 1 aromatic carbocycles. The van der Waals surface area contributed by atoms with Gasteiger partial charge < -0.3 is 15.6 Å². The fourth-order valence-electron chi connectivity index (χ4n) is 2.18. The summed E-state index contributed by atoms with van der Waals surface area (Å²) in [5.74, 6) is 1.14.